The summed E-state index contributed by atoms with van der Waals surface area (Å²) < 4.78 is 38.9. The number of sulfonamides is 1. The van der Waals surface area contributed by atoms with E-state index in [4.69, 9.17) is 10.8 Å². The molecule has 0 aliphatic carbocycles. The number of rotatable bonds is 3. The quantitative estimate of drug-likeness (QED) is 0.778. The van der Waals surface area contributed by atoms with Crippen LogP contribution in [0.25, 0.3) is 0 Å². The molecule has 1 aromatic carbocycles. The molecule has 1 heterocycles. The van der Waals surface area contributed by atoms with Crippen LogP contribution in [0.4, 0.5) is 10.1 Å². The van der Waals surface area contributed by atoms with Crippen LogP contribution in [0.15, 0.2) is 17.0 Å². The first-order valence-electron chi connectivity index (χ1n) is 5.53. The van der Waals surface area contributed by atoms with E-state index in [0.717, 1.165) is 6.07 Å². The van der Waals surface area contributed by atoms with Gasteiger partial charge in [-0.3, -0.25) is 0 Å². The van der Waals surface area contributed by atoms with Crippen LogP contribution < -0.4 is 5.73 Å². The number of hydrogen-bond donors (Lipinski definition) is 2. The summed E-state index contributed by atoms with van der Waals surface area (Å²) in [6, 6.07) is 2.40. The SMILES string of the molecule is Cc1cc(S(=O)(=O)N2CC(CO)C2)cc(N)c1F. The molecule has 7 heteroatoms. The van der Waals surface area contributed by atoms with Crippen LogP contribution in [0.1, 0.15) is 5.56 Å². The van der Waals surface area contributed by atoms with E-state index in [1.54, 1.807) is 0 Å². The minimum atomic E-state index is -3.63. The monoisotopic (exact) mass is 274 g/mol. The maximum absolute atomic E-state index is 13.3. The van der Waals surface area contributed by atoms with Crippen molar-refractivity contribution in [3.63, 3.8) is 0 Å². The summed E-state index contributed by atoms with van der Waals surface area (Å²) in [6.07, 6.45) is 0. The number of aliphatic hydroxyl groups excluding tert-OH is 1. The predicted molar refractivity (Wildman–Crippen MR) is 64.9 cm³/mol. The number of nitrogen functional groups attached to an aromatic ring is 1. The van der Waals surface area contributed by atoms with Crippen molar-refractivity contribution in [2.45, 2.75) is 11.8 Å². The second-order valence-corrected chi connectivity index (χ2v) is 6.45. The molecular weight excluding hydrogens is 259 g/mol. The summed E-state index contributed by atoms with van der Waals surface area (Å²) in [5.74, 6) is -0.607. The van der Waals surface area contributed by atoms with Crippen molar-refractivity contribution >= 4 is 15.7 Å². The van der Waals surface area contributed by atoms with E-state index in [1.807, 2.05) is 0 Å². The number of halogens is 1. The number of nitrogens with two attached hydrogens (primary N) is 1. The van der Waals surface area contributed by atoms with Gasteiger partial charge in [0.2, 0.25) is 10.0 Å². The molecule has 0 atom stereocenters. The summed E-state index contributed by atoms with van der Waals surface area (Å²) in [5, 5.41) is 8.87. The minimum absolute atomic E-state index is 0.00436. The molecule has 3 N–H and O–H groups in total. The molecular formula is C11H15FN2O3S. The highest BCUT2D eigenvalue weighted by atomic mass is 32.2. The van der Waals surface area contributed by atoms with Crippen LogP contribution in [0.3, 0.4) is 0 Å². The first-order chi connectivity index (χ1) is 8.36. The Morgan fingerprint density at radius 2 is 2.11 bits per heavy atom. The lowest BCUT2D eigenvalue weighted by Gasteiger charge is -2.37. The zero-order valence-electron chi connectivity index (χ0n) is 9.93. The second kappa shape index (κ2) is 4.49. The Labute approximate surface area is 105 Å². The van der Waals surface area contributed by atoms with E-state index in [1.165, 1.54) is 17.3 Å². The number of benzene rings is 1. The molecule has 100 valence electrons. The molecule has 1 aliphatic rings. The van der Waals surface area contributed by atoms with E-state index in [0.29, 0.717) is 0 Å². The van der Waals surface area contributed by atoms with Gasteiger partial charge in [0.05, 0.1) is 10.6 Å². The van der Waals surface area contributed by atoms with Crippen LogP contribution in [0.5, 0.6) is 0 Å². The van der Waals surface area contributed by atoms with E-state index < -0.39 is 15.8 Å². The Kier molecular flexibility index (Phi) is 3.31. The molecule has 0 radical (unpaired) electrons. The summed E-state index contributed by atoms with van der Waals surface area (Å²) >= 11 is 0. The third-order valence-electron chi connectivity index (χ3n) is 3.08. The molecule has 1 fully saturated rings. The van der Waals surface area contributed by atoms with Gasteiger partial charge in [-0.05, 0) is 24.6 Å². The van der Waals surface area contributed by atoms with E-state index >= 15 is 0 Å². The maximum atomic E-state index is 13.3. The van der Waals surface area contributed by atoms with Crippen molar-refractivity contribution < 1.29 is 17.9 Å². The van der Waals surface area contributed by atoms with Gasteiger partial charge < -0.3 is 10.8 Å². The van der Waals surface area contributed by atoms with E-state index in [-0.39, 0.29) is 41.8 Å². The van der Waals surface area contributed by atoms with Crippen LogP contribution in [-0.4, -0.2) is 37.5 Å². The zero-order chi connectivity index (χ0) is 13.5. The number of anilines is 1. The largest absolute Gasteiger partial charge is 0.396 e. The highest BCUT2D eigenvalue weighted by Crippen LogP contribution is 2.28. The molecule has 0 unspecified atom stereocenters. The van der Waals surface area contributed by atoms with E-state index in [2.05, 4.69) is 0 Å². The van der Waals surface area contributed by atoms with Gasteiger partial charge in [0.25, 0.3) is 0 Å². The molecule has 0 spiro atoms. The third kappa shape index (κ3) is 2.09. The Balaban J connectivity index is 2.32. The van der Waals surface area contributed by atoms with Crippen molar-refractivity contribution in [1.29, 1.82) is 0 Å². The highest BCUT2D eigenvalue weighted by molar-refractivity contribution is 7.89. The van der Waals surface area contributed by atoms with Crippen molar-refractivity contribution in [3.8, 4) is 0 Å². The second-order valence-electron chi connectivity index (χ2n) is 4.51. The van der Waals surface area contributed by atoms with Crippen LogP contribution in [-0.2, 0) is 10.0 Å². The third-order valence-corrected chi connectivity index (χ3v) is 4.89. The van der Waals surface area contributed by atoms with Gasteiger partial charge >= 0.3 is 0 Å². The average molecular weight is 274 g/mol. The molecule has 2 rings (SSSR count). The molecule has 5 nitrogen and oxygen atoms in total. The normalized spacial score (nSPS) is 17.7. The first kappa shape index (κ1) is 13.3. The molecule has 18 heavy (non-hydrogen) atoms. The molecule has 1 saturated heterocycles. The van der Waals surface area contributed by atoms with Crippen LogP contribution in [0, 0.1) is 18.7 Å². The van der Waals surface area contributed by atoms with Crippen LogP contribution >= 0.6 is 0 Å². The van der Waals surface area contributed by atoms with Crippen molar-refractivity contribution in [3.05, 3.63) is 23.5 Å². The topological polar surface area (TPSA) is 83.6 Å². The summed E-state index contributed by atoms with van der Waals surface area (Å²) in [5.41, 5.74) is 5.46. The highest BCUT2D eigenvalue weighted by Gasteiger charge is 2.36. The van der Waals surface area contributed by atoms with Gasteiger partial charge in [0.15, 0.2) is 0 Å². The fourth-order valence-electron chi connectivity index (χ4n) is 1.89. The lowest BCUT2D eigenvalue weighted by molar-refractivity contribution is 0.117. The Morgan fingerprint density at radius 1 is 1.50 bits per heavy atom. The number of hydrogen-bond acceptors (Lipinski definition) is 4. The number of nitrogens with zero attached hydrogens (tertiary/aromatic N) is 1. The van der Waals surface area contributed by atoms with E-state index in [9.17, 15) is 12.8 Å². The maximum Gasteiger partial charge on any atom is 0.243 e. The Morgan fingerprint density at radius 3 is 2.61 bits per heavy atom. The summed E-state index contributed by atoms with van der Waals surface area (Å²) in [4.78, 5) is -0.00436. The fourth-order valence-corrected chi connectivity index (χ4v) is 3.61. The van der Waals surface area contributed by atoms with Gasteiger partial charge in [0.1, 0.15) is 5.82 Å². The first-order valence-corrected chi connectivity index (χ1v) is 6.97. The fraction of sp³-hybridized carbons (Fsp3) is 0.455. The van der Waals surface area contributed by atoms with Crippen molar-refractivity contribution in [2.75, 3.05) is 25.4 Å². The van der Waals surface area contributed by atoms with Gasteiger partial charge in [-0.2, -0.15) is 4.31 Å². The molecule has 0 amide bonds. The smallest absolute Gasteiger partial charge is 0.243 e. The predicted octanol–water partition coefficient (Wildman–Crippen LogP) is 0.329. The standard InChI is InChI=1S/C11H15FN2O3S/c1-7-2-9(3-10(13)11(7)12)18(16,17)14-4-8(5-14)6-15/h2-3,8,15H,4-6,13H2,1H3. The molecule has 1 aliphatic heterocycles. The van der Waals surface area contributed by atoms with Crippen molar-refractivity contribution in [2.24, 2.45) is 5.92 Å². The Bertz CT molecular complexity index is 545. The van der Waals surface area contributed by atoms with Crippen molar-refractivity contribution in [1.82, 2.24) is 4.31 Å². The lowest BCUT2D eigenvalue weighted by Crippen LogP contribution is -2.51. The number of aryl methyl sites for hydroxylation is 1. The zero-order valence-corrected chi connectivity index (χ0v) is 10.7. The summed E-state index contributed by atoms with van der Waals surface area (Å²) in [6.45, 7) is 2.01. The summed E-state index contributed by atoms with van der Waals surface area (Å²) in [7, 11) is -3.63. The van der Waals surface area contributed by atoms with Gasteiger partial charge in [-0.1, -0.05) is 0 Å². The minimum Gasteiger partial charge on any atom is -0.396 e. The molecule has 0 aromatic heterocycles. The Hall–Kier alpha value is -1.18. The molecule has 0 saturated carbocycles. The molecule has 1 aromatic rings. The van der Waals surface area contributed by atoms with Gasteiger partial charge in [-0.15, -0.1) is 0 Å². The van der Waals surface area contributed by atoms with Crippen LogP contribution in [0.2, 0.25) is 0 Å². The van der Waals surface area contributed by atoms with Gasteiger partial charge in [0, 0.05) is 25.6 Å². The lowest BCUT2D eigenvalue weighted by atomic mass is 10.1. The molecule has 0 bridgehead atoms. The number of aliphatic hydroxyl groups is 1. The average Bonchev–Trinajstić information content (AvgIpc) is 2.23. The van der Waals surface area contributed by atoms with Gasteiger partial charge in [-0.25, -0.2) is 12.8 Å².